The number of hydrogen-bond acceptors (Lipinski definition) is 4. The Morgan fingerprint density at radius 2 is 2.09 bits per heavy atom. The van der Waals surface area contributed by atoms with E-state index in [1.165, 1.54) is 32.2 Å². The molecule has 3 heterocycles. The maximum absolute atomic E-state index is 12.5. The molecule has 2 aliphatic heterocycles. The Labute approximate surface area is 138 Å². The highest BCUT2D eigenvalue weighted by molar-refractivity contribution is 5.76. The van der Waals surface area contributed by atoms with Crippen LogP contribution in [0.25, 0.3) is 0 Å². The molecule has 1 aliphatic carbocycles. The fourth-order valence-corrected chi connectivity index (χ4v) is 4.38. The summed E-state index contributed by atoms with van der Waals surface area (Å²) >= 11 is 0. The van der Waals surface area contributed by atoms with Crippen molar-refractivity contribution in [3.05, 3.63) is 24.3 Å². The van der Waals surface area contributed by atoms with E-state index in [9.17, 15) is 4.79 Å². The topological polar surface area (TPSA) is 49.3 Å². The second-order valence-electron chi connectivity index (χ2n) is 7.26. The highest BCUT2D eigenvalue weighted by Gasteiger charge is 2.42. The van der Waals surface area contributed by atoms with E-state index in [1.807, 2.05) is 0 Å². The lowest BCUT2D eigenvalue weighted by Crippen LogP contribution is -2.55. The van der Waals surface area contributed by atoms with Gasteiger partial charge < -0.3 is 4.90 Å². The lowest BCUT2D eigenvalue weighted by Gasteiger charge is -2.47. The van der Waals surface area contributed by atoms with Crippen LogP contribution in [0.3, 0.4) is 0 Å². The number of amides is 1. The first-order chi connectivity index (χ1) is 11.3. The molecule has 1 saturated carbocycles. The van der Waals surface area contributed by atoms with Crippen LogP contribution in [-0.4, -0.2) is 57.4 Å². The van der Waals surface area contributed by atoms with Gasteiger partial charge in [-0.05, 0) is 51.0 Å². The van der Waals surface area contributed by atoms with Crippen LogP contribution in [0.15, 0.2) is 18.6 Å². The monoisotopic (exact) mass is 314 g/mol. The largest absolute Gasteiger partial charge is 0.342 e. The van der Waals surface area contributed by atoms with Gasteiger partial charge in [0.1, 0.15) is 0 Å². The summed E-state index contributed by atoms with van der Waals surface area (Å²) in [6.45, 7) is 3.18. The summed E-state index contributed by atoms with van der Waals surface area (Å²) in [6, 6.07) is 1.60. The molecule has 2 saturated heterocycles. The van der Waals surface area contributed by atoms with Gasteiger partial charge in [-0.15, -0.1) is 0 Å². The standard InChI is InChI=1S/C18H26N4O/c23-18(6-3-15-12-19-8-9-20-15)21-11-7-17-14(13-21)2-1-10-22(17)16-4-5-16/h8-9,12,14,16-17H,1-7,10-11,13H2/t14-,17-/m1/s1. The Morgan fingerprint density at radius 1 is 1.17 bits per heavy atom. The molecule has 3 fully saturated rings. The summed E-state index contributed by atoms with van der Waals surface area (Å²) in [5, 5.41) is 0. The lowest BCUT2D eigenvalue weighted by molar-refractivity contribution is -0.135. The number of nitrogens with zero attached hydrogens (tertiary/aromatic N) is 4. The molecule has 0 spiro atoms. The number of aromatic nitrogens is 2. The summed E-state index contributed by atoms with van der Waals surface area (Å²) in [4.78, 5) is 25.7. The van der Waals surface area contributed by atoms with Gasteiger partial charge in [0.2, 0.25) is 5.91 Å². The van der Waals surface area contributed by atoms with Crippen LogP contribution in [0.1, 0.15) is 44.2 Å². The molecule has 2 atom stereocenters. The van der Waals surface area contributed by atoms with E-state index in [4.69, 9.17) is 0 Å². The summed E-state index contributed by atoms with van der Waals surface area (Å²) in [6.07, 6.45) is 12.9. The lowest BCUT2D eigenvalue weighted by atomic mass is 9.83. The molecule has 1 aromatic rings. The van der Waals surface area contributed by atoms with Gasteiger partial charge in [0.25, 0.3) is 0 Å². The molecule has 0 aromatic carbocycles. The van der Waals surface area contributed by atoms with Crippen LogP contribution in [0.5, 0.6) is 0 Å². The predicted octanol–water partition coefficient (Wildman–Crippen LogP) is 1.88. The van der Waals surface area contributed by atoms with E-state index < -0.39 is 0 Å². The van der Waals surface area contributed by atoms with Crippen molar-refractivity contribution in [3.8, 4) is 0 Å². The number of likely N-dealkylation sites (tertiary alicyclic amines) is 2. The third-order valence-corrected chi connectivity index (χ3v) is 5.69. The van der Waals surface area contributed by atoms with E-state index >= 15 is 0 Å². The highest BCUT2D eigenvalue weighted by atomic mass is 16.2. The van der Waals surface area contributed by atoms with Gasteiger partial charge in [-0.3, -0.25) is 19.7 Å². The molecule has 4 rings (SSSR count). The van der Waals surface area contributed by atoms with Gasteiger partial charge in [0, 0.05) is 50.2 Å². The molecular formula is C18H26N4O. The molecule has 0 radical (unpaired) electrons. The first-order valence-electron chi connectivity index (χ1n) is 9.09. The van der Waals surface area contributed by atoms with Crippen molar-refractivity contribution in [2.75, 3.05) is 19.6 Å². The minimum absolute atomic E-state index is 0.289. The van der Waals surface area contributed by atoms with E-state index in [2.05, 4.69) is 19.8 Å². The molecule has 5 heteroatoms. The highest BCUT2D eigenvalue weighted by Crippen LogP contribution is 2.38. The maximum Gasteiger partial charge on any atom is 0.222 e. The Bertz CT molecular complexity index is 545. The smallest absolute Gasteiger partial charge is 0.222 e. The molecule has 0 N–H and O–H groups in total. The molecule has 23 heavy (non-hydrogen) atoms. The zero-order chi connectivity index (χ0) is 15.6. The number of aryl methyl sites for hydroxylation is 1. The third kappa shape index (κ3) is 3.39. The summed E-state index contributed by atoms with van der Waals surface area (Å²) in [7, 11) is 0. The fourth-order valence-electron chi connectivity index (χ4n) is 4.38. The molecular weight excluding hydrogens is 288 g/mol. The molecule has 124 valence electrons. The van der Waals surface area contributed by atoms with E-state index in [0.29, 0.717) is 18.8 Å². The minimum atomic E-state index is 0.289. The van der Waals surface area contributed by atoms with E-state index in [-0.39, 0.29) is 5.91 Å². The number of hydrogen-bond donors (Lipinski definition) is 0. The van der Waals surface area contributed by atoms with Gasteiger partial charge in [0.15, 0.2) is 0 Å². The maximum atomic E-state index is 12.5. The van der Waals surface area contributed by atoms with Crippen molar-refractivity contribution in [3.63, 3.8) is 0 Å². The van der Waals surface area contributed by atoms with Gasteiger partial charge in [-0.25, -0.2) is 0 Å². The summed E-state index contributed by atoms with van der Waals surface area (Å²) in [5.74, 6) is 0.983. The molecule has 5 nitrogen and oxygen atoms in total. The van der Waals surface area contributed by atoms with E-state index in [0.717, 1.165) is 37.3 Å². The number of piperidine rings is 2. The number of fused-ring (bicyclic) bond motifs is 1. The van der Waals surface area contributed by atoms with Crippen molar-refractivity contribution in [2.45, 2.75) is 57.0 Å². The third-order valence-electron chi connectivity index (χ3n) is 5.69. The van der Waals surface area contributed by atoms with Crippen LogP contribution in [0.2, 0.25) is 0 Å². The summed E-state index contributed by atoms with van der Waals surface area (Å²) in [5.41, 5.74) is 0.910. The number of rotatable bonds is 4. The van der Waals surface area contributed by atoms with Crippen molar-refractivity contribution in [1.82, 2.24) is 19.8 Å². The van der Waals surface area contributed by atoms with Crippen LogP contribution in [0, 0.1) is 5.92 Å². The number of carbonyl (C=O) groups excluding carboxylic acids is 1. The van der Waals surface area contributed by atoms with Crippen LogP contribution in [-0.2, 0) is 11.2 Å². The second-order valence-corrected chi connectivity index (χ2v) is 7.26. The Morgan fingerprint density at radius 3 is 2.87 bits per heavy atom. The SMILES string of the molecule is O=C(CCc1cnccn1)N1CC[C@@H]2[C@H](CCCN2C2CC2)C1. The Kier molecular flexibility index (Phi) is 4.29. The Hall–Kier alpha value is -1.49. The van der Waals surface area contributed by atoms with Crippen LogP contribution in [0.4, 0.5) is 0 Å². The Balaban J connectivity index is 1.31. The first-order valence-corrected chi connectivity index (χ1v) is 9.09. The van der Waals surface area contributed by atoms with Crippen molar-refractivity contribution >= 4 is 5.91 Å². The average molecular weight is 314 g/mol. The zero-order valence-corrected chi connectivity index (χ0v) is 13.7. The minimum Gasteiger partial charge on any atom is -0.342 e. The quantitative estimate of drug-likeness (QED) is 0.851. The van der Waals surface area contributed by atoms with Gasteiger partial charge in [-0.1, -0.05) is 0 Å². The van der Waals surface area contributed by atoms with Gasteiger partial charge in [-0.2, -0.15) is 0 Å². The molecule has 1 amide bonds. The van der Waals surface area contributed by atoms with Crippen molar-refractivity contribution in [1.29, 1.82) is 0 Å². The van der Waals surface area contributed by atoms with Crippen LogP contribution >= 0.6 is 0 Å². The second kappa shape index (κ2) is 6.56. The summed E-state index contributed by atoms with van der Waals surface area (Å²) < 4.78 is 0. The molecule has 1 aromatic heterocycles. The molecule has 3 aliphatic rings. The average Bonchev–Trinajstić information content (AvgIpc) is 3.44. The zero-order valence-electron chi connectivity index (χ0n) is 13.7. The van der Waals surface area contributed by atoms with Crippen molar-refractivity contribution in [2.24, 2.45) is 5.92 Å². The van der Waals surface area contributed by atoms with Gasteiger partial charge >= 0.3 is 0 Å². The molecule has 0 bridgehead atoms. The van der Waals surface area contributed by atoms with Crippen molar-refractivity contribution < 1.29 is 4.79 Å². The number of carbonyl (C=O) groups is 1. The molecule has 0 unspecified atom stereocenters. The predicted molar refractivity (Wildman–Crippen MR) is 87.8 cm³/mol. The first kappa shape index (κ1) is 15.1. The van der Waals surface area contributed by atoms with E-state index in [1.54, 1.807) is 18.6 Å². The normalized spacial score (nSPS) is 28.4. The van der Waals surface area contributed by atoms with Gasteiger partial charge in [0.05, 0.1) is 5.69 Å². The fraction of sp³-hybridized carbons (Fsp3) is 0.722. The van der Waals surface area contributed by atoms with Crippen LogP contribution < -0.4 is 0 Å².